The smallest absolute Gasteiger partial charge is 0.229 e. The molecule has 2 aromatic carbocycles. The van der Waals surface area contributed by atoms with Crippen LogP contribution in [-0.4, -0.2) is 28.3 Å². The number of furan rings is 1. The molecule has 0 saturated carbocycles. The zero-order valence-corrected chi connectivity index (χ0v) is 18.8. The highest BCUT2D eigenvalue weighted by Crippen LogP contribution is 2.43. The van der Waals surface area contributed by atoms with E-state index in [9.17, 15) is 10.1 Å². The average molecular weight is 458 g/mol. The Labute approximate surface area is 197 Å². The molecule has 2 aliphatic heterocycles. The summed E-state index contributed by atoms with van der Waals surface area (Å²) >= 11 is 1.54. The first-order valence-corrected chi connectivity index (χ1v) is 11.8. The molecule has 166 valence electrons. The zero-order valence-electron chi connectivity index (χ0n) is 18.0. The SMILES string of the molecule is N#CC1=C2SCN(Cc3ccco3)CN2C(=O)C[C@@H]1c1cccc(OCc2ccccc2)c1. The molecule has 1 saturated heterocycles. The largest absolute Gasteiger partial charge is 0.489 e. The van der Waals surface area contributed by atoms with E-state index < -0.39 is 0 Å². The Morgan fingerprint density at radius 1 is 1.12 bits per heavy atom. The molecule has 1 aromatic heterocycles. The van der Waals surface area contributed by atoms with E-state index in [1.807, 2.05) is 66.7 Å². The van der Waals surface area contributed by atoms with Gasteiger partial charge in [-0.05, 0) is 35.4 Å². The van der Waals surface area contributed by atoms with E-state index in [0.717, 1.165) is 27.7 Å². The van der Waals surface area contributed by atoms with E-state index >= 15 is 0 Å². The van der Waals surface area contributed by atoms with Gasteiger partial charge in [0.25, 0.3) is 0 Å². The highest BCUT2D eigenvalue weighted by Gasteiger charge is 2.38. The summed E-state index contributed by atoms with van der Waals surface area (Å²) in [6, 6.07) is 23.9. The predicted octanol–water partition coefficient (Wildman–Crippen LogP) is 5.07. The summed E-state index contributed by atoms with van der Waals surface area (Å²) in [6.45, 7) is 1.55. The van der Waals surface area contributed by atoms with Crippen LogP contribution in [0.3, 0.4) is 0 Å². The molecule has 0 spiro atoms. The summed E-state index contributed by atoms with van der Waals surface area (Å²) in [4.78, 5) is 17.0. The van der Waals surface area contributed by atoms with Gasteiger partial charge in [0, 0.05) is 12.3 Å². The number of ether oxygens (including phenoxy) is 1. The summed E-state index contributed by atoms with van der Waals surface area (Å²) in [5.41, 5.74) is 2.66. The van der Waals surface area contributed by atoms with E-state index in [-0.39, 0.29) is 18.2 Å². The Morgan fingerprint density at radius 3 is 2.79 bits per heavy atom. The second-order valence-corrected chi connectivity index (χ2v) is 9.01. The van der Waals surface area contributed by atoms with E-state index in [1.165, 1.54) is 11.8 Å². The van der Waals surface area contributed by atoms with Crippen LogP contribution < -0.4 is 4.74 Å². The van der Waals surface area contributed by atoms with Crippen LogP contribution in [0.4, 0.5) is 0 Å². The van der Waals surface area contributed by atoms with Crippen molar-refractivity contribution in [2.75, 3.05) is 12.5 Å². The molecule has 1 atom stereocenters. The van der Waals surface area contributed by atoms with Gasteiger partial charge in [0.15, 0.2) is 0 Å². The number of hydrogen-bond acceptors (Lipinski definition) is 6. The van der Waals surface area contributed by atoms with Crippen LogP contribution in [0.5, 0.6) is 5.75 Å². The van der Waals surface area contributed by atoms with E-state index in [1.54, 1.807) is 11.2 Å². The Kier molecular flexibility index (Phi) is 6.20. The number of rotatable bonds is 6. The minimum absolute atomic E-state index is 0.0289. The lowest BCUT2D eigenvalue weighted by atomic mass is 9.86. The van der Waals surface area contributed by atoms with E-state index in [4.69, 9.17) is 9.15 Å². The van der Waals surface area contributed by atoms with Gasteiger partial charge in [-0.3, -0.25) is 14.6 Å². The molecule has 0 bridgehead atoms. The highest BCUT2D eigenvalue weighted by atomic mass is 32.2. The monoisotopic (exact) mass is 457 g/mol. The second kappa shape index (κ2) is 9.57. The standard InChI is InChI=1S/C26H23N3O3S/c27-14-24-23(20-8-4-9-21(12-20)32-16-19-6-2-1-3-7-19)13-25(30)29-17-28(18-33-26(24)29)15-22-10-5-11-31-22/h1-12,23H,13,15-18H2/t23-/m1/s1. The lowest BCUT2D eigenvalue weighted by molar-refractivity contribution is -0.132. The second-order valence-electron chi connectivity index (χ2n) is 8.08. The van der Waals surface area contributed by atoms with Crippen LogP contribution in [0.25, 0.3) is 0 Å². The first-order valence-electron chi connectivity index (χ1n) is 10.8. The Morgan fingerprint density at radius 2 is 2.00 bits per heavy atom. The fraction of sp³-hybridized carbons (Fsp3) is 0.231. The van der Waals surface area contributed by atoms with Gasteiger partial charge in [-0.15, -0.1) is 0 Å². The van der Waals surface area contributed by atoms with Crippen LogP contribution in [0.1, 0.15) is 29.2 Å². The van der Waals surface area contributed by atoms with Crippen LogP contribution in [0.15, 0.2) is 88.0 Å². The van der Waals surface area contributed by atoms with Gasteiger partial charge in [-0.2, -0.15) is 5.26 Å². The molecule has 6 nitrogen and oxygen atoms in total. The number of hydrogen-bond donors (Lipinski definition) is 0. The molecule has 0 aliphatic carbocycles. The molecule has 1 amide bonds. The highest BCUT2D eigenvalue weighted by molar-refractivity contribution is 8.03. The maximum Gasteiger partial charge on any atom is 0.229 e. The van der Waals surface area contributed by atoms with Gasteiger partial charge in [0.2, 0.25) is 5.91 Å². The molecule has 3 aromatic rings. The third-order valence-corrected chi connectivity index (χ3v) is 7.03. The normalized spacial score (nSPS) is 18.7. The number of carbonyl (C=O) groups excluding carboxylic acids is 1. The molecule has 0 unspecified atom stereocenters. The summed E-state index contributed by atoms with van der Waals surface area (Å²) in [6.07, 6.45) is 1.92. The number of thioether (sulfide) groups is 1. The van der Waals surface area contributed by atoms with Gasteiger partial charge in [0.1, 0.15) is 18.1 Å². The van der Waals surface area contributed by atoms with Crippen molar-refractivity contribution >= 4 is 17.7 Å². The van der Waals surface area contributed by atoms with Crippen LogP contribution in [0.2, 0.25) is 0 Å². The van der Waals surface area contributed by atoms with Crippen molar-refractivity contribution in [2.45, 2.75) is 25.5 Å². The number of carbonyl (C=O) groups is 1. The number of amides is 1. The predicted molar refractivity (Wildman–Crippen MR) is 126 cm³/mol. The van der Waals surface area contributed by atoms with Crippen molar-refractivity contribution in [1.82, 2.24) is 9.80 Å². The molecular formula is C26H23N3O3S. The fourth-order valence-corrected chi connectivity index (χ4v) is 5.31. The molecule has 1 fully saturated rings. The summed E-state index contributed by atoms with van der Waals surface area (Å²) in [5.74, 6) is 2.05. The van der Waals surface area contributed by atoms with E-state index in [0.29, 0.717) is 31.3 Å². The summed E-state index contributed by atoms with van der Waals surface area (Å²) in [7, 11) is 0. The Bertz CT molecular complexity index is 1200. The molecule has 0 N–H and O–H groups in total. The van der Waals surface area contributed by atoms with Crippen molar-refractivity contribution in [3.05, 3.63) is 100 Å². The Hall–Kier alpha value is -3.47. The minimum atomic E-state index is -0.266. The van der Waals surface area contributed by atoms with Crippen LogP contribution >= 0.6 is 11.8 Å². The fourth-order valence-electron chi connectivity index (χ4n) is 4.18. The third-order valence-electron chi connectivity index (χ3n) is 5.82. The van der Waals surface area contributed by atoms with Crippen molar-refractivity contribution in [3.63, 3.8) is 0 Å². The molecular weight excluding hydrogens is 434 g/mol. The number of allylic oxidation sites excluding steroid dienone is 1. The topological polar surface area (TPSA) is 69.7 Å². The maximum absolute atomic E-state index is 13.1. The third kappa shape index (κ3) is 4.68. The molecule has 3 heterocycles. The number of fused-ring (bicyclic) bond motifs is 1. The van der Waals surface area contributed by atoms with Crippen LogP contribution in [-0.2, 0) is 17.9 Å². The molecule has 33 heavy (non-hydrogen) atoms. The first-order chi connectivity index (χ1) is 16.2. The Balaban J connectivity index is 1.34. The van der Waals surface area contributed by atoms with Crippen LogP contribution in [0, 0.1) is 11.3 Å². The number of benzene rings is 2. The number of nitriles is 1. The first kappa shape index (κ1) is 21.4. The molecule has 0 radical (unpaired) electrons. The van der Waals surface area contributed by atoms with Crippen molar-refractivity contribution < 1.29 is 13.9 Å². The zero-order chi connectivity index (χ0) is 22.6. The summed E-state index contributed by atoms with van der Waals surface area (Å²) < 4.78 is 11.4. The summed E-state index contributed by atoms with van der Waals surface area (Å²) in [5, 5.41) is 10.8. The van der Waals surface area contributed by atoms with Crippen molar-refractivity contribution in [2.24, 2.45) is 0 Å². The lowest BCUT2D eigenvalue weighted by Gasteiger charge is -2.41. The van der Waals surface area contributed by atoms with Crippen molar-refractivity contribution in [3.8, 4) is 11.8 Å². The van der Waals surface area contributed by atoms with Gasteiger partial charge in [0.05, 0.1) is 42.0 Å². The van der Waals surface area contributed by atoms with Crippen molar-refractivity contribution in [1.29, 1.82) is 5.26 Å². The quantitative estimate of drug-likeness (QED) is 0.515. The average Bonchev–Trinajstić information content (AvgIpc) is 3.37. The van der Waals surface area contributed by atoms with Gasteiger partial charge >= 0.3 is 0 Å². The molecule has 5 rings (SSSR count). The van der Waals surface area contributed by atoms with Gasteiger partial charge in [-0.1, -0.05) is 54.2 Å². The number of nitrogens with zero attached hydrogens (tertiary/aromatic N) is 3. The van der Waals surface area contributed by atoms with E-state index in [2.05, 4.69) is 11.0 Å². The lowest BCUT2D eigenvalue weighted by Crippen LogP contribution is -2.46. The molecule has 2 aliphatic rings. The molecule has 7 heteroatoms. The maximum atomic E-state index is 13.1. The van der Waals surface area contributed by atoms with Gasteiger partial charge < -0.3 is 9.15 Å². The van der Waals surface area contributed by atoms with Gasteiger partial charge in [-0.25, -0.2) is 0 Å². The minimum Gasteiger partial charge on any atom is -0.489 e.